The van der Waals surface area contributed by atoms with E-state index in [-0.39, 0.29) is 36.6 Å². The highest BCUT2D eigenvalue weighted by molar-refractivity contribution is 8.76. The average Bonchev–Trinajstić information content (AvgIpc) is 2.86. The van der Waals surface area contributed by atoms with Crippen molar-refractivity contribution in [2.24, 2.45) is 11.5 Å². The minimum atomic E-state index is -0.674. The molecule has 0 aliphatic carbocycles. The first-order valence-corrected chi connectivity index (χ1v) is 13.3. The van der Waals surface area contributed by atoms with E-state index in [1.807, 2.05) is 84.9 Å². The molecule has 0 radical (unpaired) electrons. The van der Waals surface area contributed by atoms with Crippen molar-refractivity contribution in [2.75, 3.05) is 22.1 Å². The number of fused-ring (bicyclic) bond motifs is 2. The van der Waals surface area contributed by atoms with Crippen LogP contribution in [-0.2, 0) is 9.59 Å². The second kappa shape index (κ2) is 14.3. The van der Waals surface area contributed by atoms with Crippen LogP contribution in [0.3, 0.4) is 0 Å². The van der Waals surface area contributed by atoms with Crippen LogP contribution in [0, 0.1) is 0 Å². The number of nitrogens with two attached hydrogens (primary N) is 2. The summed E-state index contributed by atoms with van der Waals surface area (Å²) in [6.07, 6.45) is 0. The Morgan fingerprint density at radius 1 is 0.611 bits per heavy atom. The Bertz CT molecular complexity index is 1220. The molecule has 0 aliphatic heterocycles. The normalized spacial score (nSPS) is 12.2. The van der Waals surface area contributed by atoms with E-state index < -0.39 is 12.1 Å². The maximum Gasteiger partial charge on any atom is 0.242 e. The smallest absolute Gasteiger partial charge is 0.242 e. The van der Waals surface area contributed by atoms with Gasteiger partial charge in [-0.15, -0.1) is 24.8 Å². The topological polar surface area (TPSA) is 110 Å². The highest BCUT2D eigenvalue weighted by Gasteiger charge is 2.17. The zero-order valence-corrected chi connectivity index (χ0v) is 22.5. The van der Waals surface area contributed by atoms with Crippen LogP contribution in [0.2, 0.25) is 0 Å². The molecule has 10 heteroatoms. The molecular formula is C26H28Cl2N4O2S2. The Morgan fingerprint density at radius 2 is 0.972 bits per heavy atom. The molecule has 0 heterocycles. The van der Waals surface area contributed by atoms with Crippen LogP contribution in [0.1, 0.15) is 0 Å². The number of halogens is 2. The number of hydrogen-bond donors (Lipinski definition) is 4. The van der Waals surface area contributed by atoms with Crippen molar-refractivity contribution in [2.45, 2.75) is 12.1 Å². The van der Waals surface area contributed by atoms with E-state index in [1.54, 1.807) is 0 Å². The quantitative estimate of drug-likeness (QED) is 0.159. The third kappa shape index (κ3) is 8.03. The van der Waals surface area contributed by atoms with Crippen LogP contribution in [-0.4, -0.2) is 35.4 Å². The van der Waals surface area contributed by atoms with Gasteiger partial charge >= 0.3 is 0 Å². The number of benzene rings is 4. The lowest BCUT2D eigenvalue weighted by molar-refractivity contribution is -0.117. The first kappa shape index (κ1) is 29.8. The van der Waals surface area contributed by atoms with E-state index in [0.717, 1.165) is 21.5 Å². The van der Waals surface area contributed by atoms with Gasteiger partial charge in [-0.3, -0.25) is 9.59 Å². The Hall–Kier alpha value is -2.46. The number of rotatable bonds is 9. The minimum absolute atomic E-state index is 0. The molecule has 36 heavy (non-hydrogen) atoms. The number of hydrogen-bond acceptors (Lipinski definition) is 6. The monoisotopic (exact) mass is 562 g/mol. The van der Waals surface area contributed by atoms with Gasteiger partial charge in [-0.1, -0.05) is 82.3 Å². The van der Waals surface area contributed by atoms with Crippen molar-refractivity contribution in [1.29, 1.82) is 0 Å². The molecule has 0 saturated carbocycles. The molecule has 4 rings (SSSR count). The summed E-state index contributed by atoms with van der Waals surface area (Å²) in [5.41, 5.74) is 13.5. The molecule has 0 aliphatic rings. The molecule has 190 valence electrons. The summed E-state index contributed by atoms with van der Waals surface area (Å²) in [6, 6.07) is 26.1. The minimum Gasteiger partial charge on any atom is -0.325 e. The standard InChI is InChI=1S/C26H26N4O2S2.2ClH/c27-23(25(31)29-21-11-9-17-5-1-3-7-19(17)13-21)15-33-34-16-24(28)26(32)30-22-12-10-18-6-2-4-8-20(18)14-22;;/h1-14,23-24H,15-16,27-28H2,(H,29,31)(H,30,32);2*1H/t23-,24+;;. The molecule has 0 aromatic heterocycles. The van der Waals surface area contributed by atoms with Gasteiger partial charge < -0.3 is 22.1 Å². The second-order valence-corrected chi connectivity index (χ2v) is 10.4. The van der Waals surface area contributed by atoms with Crippen molar-refractivity contribution in [3.05, 3.63) is 84.9 Å². The summed E-state index contributed by atoms with van der Waals surface area (Å²) in [5, 5.41) is 10.1. The number of carbonyl (C=O) groups is 2. The Morgan fingerprint density at radius 3 is 1.36 bits per heavy atom. The van der Waals surface area contributed by atoms with E-state index >= 15 is 0 Å². The zero-order chi connectivity index (χ0) is 23.9. The summed E-state index contributed by atoms with van der Waals surface area (Å²) in [4.78, 5) is 24.9. The second-order valence-electron chi connectivity index (χ2n) is 7.88. The summed E-state index contributed by atoms with van der Waals surface area (Å²) >= 11 is 0. The number of amides is 2. The summed E-state index contributed by atoms with van der Waals surface area (Å²) in [6.45, 7) is 0. The van der Waals surface area contributed by atoms with Gasteiger partial charge in [-0.05, 0) is 45.8 Å². The Balaban J connectivity index is 0.00000228. The van der Waals surface area contributed by atoms with Crippen molar-refractivity contribution >= 4 is 91.1 Å². The van der Waals surface area contributed by atoms with E-state index in [0.29, 0.717) is 22.9 Å². The van der Waals surface area contributed by atoms with Gasteiger partial charge in [0.25, 0.3) is 0 Å². The Labute approximate surface area is 230 Å². The molecule has 0 unspecified atom stereocenters. The fourth-order valence-electron chi connectivity index (χ4n) is 3.40. The lowest BCUT2D eigenvalue weighted by Crippen LogP contribution is -2.38. The van der Waals surface area contributed by atoms with Gasteiger partial charge in [0.15, 0.2) is 0 Å². The van der Waals surface area contributed by atoms with Crippen molar-refractivity contribution in [3.63, 3.8) is 0 Å². The predicted molar refractivity (Wildman–Crippen MR) is 161 cm³/mol. The van der Waals surface area contributed by atoms with Crippen LogP contribution in [0.25, 0.3) is 21.5 Å². The first-order valence-electron chi connectivity index (χ1n) is 10.8. The van der Waals surface area contributed by atoms with Gasteiger partial charge in [0, 0.05) is 22.9 Å². The van der Waals surface area contributed by atoms with Gasteiger partial charge in [0.2, 0.25) is 11.8 Å². The molecule has 6 N–H and O–H groups in total. The van der Waals surface area contributed by atoms with Crippen molar-refractivity contribution in [3.8, 4) is 0 Å². The van der Waals surface area contributed by atoms with Crippen LogP contribution < -0.4 is 22.1 Å². The highest BCUT2D eigenvalue weighted by Crippen LogP contribution is 2.24. The maximum absolute atomic E-state index is 12.4. The maximum atomic E-state index is 12.4. The third-order valence-corrected chi connectivity index (χ3v) is 7.76. The van der Waals surface area contributed by atoms with Gasteiger partial charge in [0.05, 0.1) is 12.1 Å². The predicted octanol–water partition coefficient (Wildman–Crippen LogP) is 5.45. The lowest BCUT2D eigenvalue weighted by Gasteiger charge is -2.14. The molecule has 2 amide bonds. The van der Waals surface area contributed by atoms with Crippen LogP contribution in [0.4, 0.5) is 11.4 Å². The van der Waals surface area contributed by atoms with E-state index in [1.165, 1.54) is 21.6 Å². The van der Waals surface area contributed by atoms with Crippen LogP contribution in [0.15, 0.2) is 84.9 Å². The molecule has 0 saturated heterocycles. The summed E-state index contributed by atoms with van der Waals surface area (Å²) in [5.74, 6) is 0.315. The number of anilines is 2. The number of carbonyl (C=O) groups excluding carboxylic acids is 2. The SMILES string of the molecule is Cl.Cl.N[C@H](CSSC[C@H](N)C(=O)Nc1ccc2ccccc2c1)C(=O)Nc1ccc2ccccc2c1. The van der Waals surface area contributed by atoms with E-state index in [4.69, 9.17) is 11.5 Å². The van der Waals surface area contributed by atoms with Gasteiger partial charge in [-0.25, -0.2) is 0 Å². The van der Waals surface area contributed by atoms with E-state index in [2.05, 4.69) is 10.6 Å². The fraction of sp³-hybridized carbons (Fsp3) is 0.154. The molecule has 4 aromatic carbocycles. The van der Waals surface area contributed by atoms with Gasteiger partial charge in [0.1, 0.15) is 0 Å². The van der Waals surface area contributed by atoms with Gasteiger partial charge in [-0.2, -0.15) is 0 Å². The molecule has 0 bridgehead atoms. The largest absolute Gasteiger partial charge is 0.325 e. The highest BCUT2D eigenvalue weighted by atomic mass is 35.5. The molecule has 0 fully saturated rings. The molecule has 0 spiro atoms. The molecule has 4 aromatic rings. The molecule has 6 nitrogen and oxygen atoms in total. The molecule has 2 atom stereocenters. The van der Waals surface area contributed by atoms with Crippen molar-refractivity contribution < 1.29 is 9.59 Å². The third-order valence-electron chi connectivity index (χ3n) is 5.29. The Kier molecular flexibility index (Phi) is 11.8. The summed E-state index contributed by atoms with van der Waals surface area (Å²) < 4.78 is 0. The average molecular weight is 564 g/mol. The lowest BCUT2D eigenvalue weighted by atomic mass is 10.1. The zero-order valence-electron chi connectivity index (χ0n) is 19.3. The van der Waals surface area contributed by atoms with E-state index in [9.17, 15) is 9.59 Å². The molecular weight excluding hydrogens is 535 g/mol. The van der Waals surface area contributed by atoms with Crippen molar-refractivity contribution in [1.82, 2.24) is 0 Å². The fourth-order valence-corrected chi connectivity index (χ4v) is 5.64. The van der Waals surface area contributed by atoms with Crippen LogP contribution in [0.5, 0.6) is 0 Å². The first-order chi connectivity index (χ1) is 16.5. The summed E-state index contributed by atoms with van der Waals surface area (Å²) in [7, 11) is 2.86. The van der Waals surface area contributed by atoms with Crippen LogP contribution >= 0.6 is 46.4 Å². The number of nitrogens with one attached hydrogen (secondary N) is 2.